The third kappa shape index (κ3) is 8.68. The first kappa shape index (κ1) is 22.9. The molecule has 3 N–H and O–H groups in total. The molecule has 0 fully saturated rings. The summed E-state index contributed by atoms with van der Waals surface area (Å²) in [6, 6.07) is 3.22. The third-order valence-corrected chi connectivity index (χ3v) is 4.47. The van der Waals surface area contributed by atoms with Crippen molar-refractivity contribution >= 4 is 17.9 Å². The fraction of sp³-hybridized carbons (Fsp3) is 0.667. The number of alkyl carbamates (subject to hydrolysis) is 1. The van der Waals surface area contributed by atoms with Gasteiger partial charge >= 0.3 is 12.1 Å². The number of aromatic nitrogens is 1. The molecule has 8 nitrogen and oxygen atoms in total. The Morgan fingerprint density at radius 1 is 1.28 bits per heavy atom. The van der Waals surface area contributed by atoms with Gasteiger partial charge in [0.1, 0.15) is 17.5 Å². The summed E-state index contributed by atoms with van der Waals surface area (Å²) in [7, 11) is 0. The van der Waals surface area contributed by atoms with Gasteiger partial charge in [0, 0.05) is 25.3 Å². The largest absolute Gasteiger partial charge is 0.480 e. The van der Waals surface area contributed by atoms with Gasteiger partial charge in [-0.15, -0.1) is 0 Å². The molecule has 1 unspecified atom stereocenters. The third-order valence-electron chi connectivity index (χ3n) is 4.47. The van der Waals surface area contributed by atoms with Crippen molar-refractivity contribution in [3.05, 3.63) is 23.4 Å². The Morgan fingerprint density at radius 3 is 2.79 bits per heavy atom. The Labute approximate surface area is 172 Å². The van der Waals surface area contributed by atoms with Crippen molar-refractivity contribution in [1.29, 1.82) is 0 Å². The average molecular weight is 408 g/mol. The van der Waals surface area contributed by atoms with Gasteiger partial charge in [-0.3, -0.25) is 0 Å². The van der Waals surface area contributed by atoms with E-state index in [9.17, 15) is 14.7 Å². The number of pyridine rings is 1. The molecule has 29 heavy (non-hydrogen) atoms. The minimum atomic E-state index is -1.07. The number of rotatable bonds is 10. The lowest BCUT2D eigenvalue weighted by molar-refractivity contribution is -0.139. The van der Waals surface area contributed by atoms with Crippen LogP contribution in [0.1, 0.15) is 57.7 Å². The van der Waals surface area contributed by atoms with Crippen molar-refractivity contribution in [2.45, 2.75) is 70.9 Å². The van der Waals surface area contributed by atoms with E-state index in [-0.39, 0.29) is 0 Å². The van der Waals surface area contributed by atoms with Crippen LogP contribution in [-0.4, -0.2) is 53.6 Å². The molecule has 1 aliphatic heterocycles. The minimum Gasteiger partial charge on any atom is -0.480 e. The molecule has 0 aliphatic carbocycles. The maximum atomic E-state index is 11.7. The van der Waals surface area contributed by atoms with Gasteiger partial charge < -0.3 is 25.2 Å². The highest BCUT2D eigenvalue weighted by Gasteiger charge is 2.23. The highest BCUT2D eigenvalue weighted by Crippen LogP contribution is 2.19. The number of carbonyl (C=O) groups excluding carboxylic acids is 1. The van der Waals surface area contributed by atoms with E-state index in [4.69, 9.17) is 9.47 Å². The number of carbonyl (C=O) groups is 2. The van der Waals surface area contributed by atoms with Crippen molar-refractivity contribution in [3.63, 3.8) is 0 Å². The SMILES string of the molecule is CC(C)(C)OC(=O)NC(CCCCOCCc1ccc2c(n1)NCCC2)C(=O)O. The number of anilines is 1. The lowest BCUT2D eigenvalue weighted by atomic mass is 10.1. The summed E-state index contributed by atoms with van der Waals surface area (Å²) in [5.41, 5.74) is 1.61. The van der Waals surface area contributed by atoms with E-state index in [0.29, 0.717) is 26.1 Å². The smallest absolute Gasteiger partial charge is 0.408 e. The van der Waals surface area contributed by atoms with Crippen LogP contribution in [0.15, 0.2) is 12.1 Å². The molecule has 0 radical (unpaired) electrons. The maximum absolute atomic E-state index is 11.7. The van der Waals surface area contributed by atoms with Gasteiger partial charge in [-0.1, -0.05) is 6.07 Å². The number of carboxylic acids is 1. The van der Waals surface area contributed by atoms with Crippen LogP contribution in [0.2, 0.25) is 0 Å². The van der Waals surface area contributed by atoms with Crippen LogP contribution >= 0.6 is 0 Å². The number of fused-ring (bicyclic) bond motifs is 1. The summed E-state index contributed by atoms with van der Waals surface area (Å²) in [5, 5.41) is 15.0. The first-order valence-corrected chi connectivity index (χ1v) is 10.3. The van der Waals surface area contributed by atoms with Crippen LogP contribution < -0.4 is 10.6 Å². The molecule has 0 spiro atoms. The summed E-state index contributed by atoms with van der Waals surface area (Å²) in [4.78, 5) is 27.7. The maximum Gasteiger partial charge on any atom is 0.408 e. The van der Waals surface area contributed by atoms with Crippen LogP contribution in [0.3, 0.4) is 0 Å². The van der Waals surface area contributed by atoms with E-state index in [1.165, 1.54) is 5.56 Å². The number of aryl methyl sites for hydroxylation is 1. The van der Waals surface area contributed by atoms with E-state index >= 15 is 0 Å². The van der Waals surface area contributed by atoms with Crippen LogP contribution in [-0.2, 0) is 27.1 Å². The lowest BCUT2D eigenvalue weighted by Crippen LogP contribution is -2.43. The van der Waals surface area contributed by atoms with Gasteiger partial charge in [-0.2, -0.15) is 0 Å². The van der Waals surface area contributed by atoms with E-state index in [1.807, 2.05) is 0 Å². The number of aliphatic carboxylic acids is 1. The molecule has 2 rings (SSSR count). The molecule has 8 heteroatoms. The number of ether oxygens (including phenoxy) is 2. The van der Waals surface area contributed by atoms with Gasteiger partial charge in [0.25, 0.3) is 0 Å². The molecular weight excluding hydrogens is 374 g/mol. The first-order valence-electron chi connectivity index (χ1n) is 10.3. The van der Waals surface area contributed by atoms with Crippen LogP contribution in [0.25, 0.3) is 0 Å². The Morgan fingerprint density at radius 2 is 2.07 bits per heavy atom. The standard InChI is InChI=1S/C21H33N3O5/c1-21(2,3)29-20(27)24-17(19(25)26)8-4-5-13-28-14-11-16-10-9-15-7-6-12-22-18(15)23-16/h9-10,17H,4-8,11-14H2,1-3H3,(H,22,23)(H,24,27)(H,25,26). The second-order valence-electron chi connectivity index (χ2n) is 8.24. The fourth-order valence-electron chi connectivity index (χ4n) is 3.05. The molecular formula is C21H33N3O5. The summed E-state index contributed by atoms with van der Waals surface area (Å²) < 4.78 is 10.8. The highest BCUT2D eigenvalue weighted by molar-refractivity contribution is 5.79. The predicted octanol–water partition coefficient (Wildman–Crippen LogP) is 3.15. The van der Waals surface area contributed by atoms with Crippen LogP contribution in [0, 0.1) is 0 Å². The Bertz CT molecular complexity index is 687. The van der Waals surface area contributed by atoms with Gasteiger partial charge in [-0.05, 0) is 64.5 Å². The van der Waals surface area contributed by atoms with E-state index in [1.54, 1.807) is 20.8 Å². The van der Waals surface area contributed by atoms with Crippen molar-refractivity contribution in [3.8, 4) is 0 Å². The monoisotopic (exact) mass is 407 g/mol. The zero-order valence-corrected chi connectivity index (χ0v) is 17.6. The second-order valence-corrected chi connectivity index (χ2v) is 8.24. The number of hydrogen-bond donors (Lipinski definition) is 3. The summed E-state index contributed by atoms with van der Waals surface area (Å²) in [6.07, 6.45) is 3.93. The number of carboxylic acid groups (broad SMARTS) is 1. The highest BCUT2D eigenvalue weighted by atomic mass is 16.6. The molecule has 162 valence electrons. The number of nitrogens with zero attached hydrogens (tertiary/aromatic N) is 1. The van der Waals surface area contributed by atoms with E-state index in [0.717, 1.165) is 43.7 Å². The molecule has 1 amide bonds. The molecule has 2 heterocycles. The Balaban J connectivity index is 1.60. The molecule has 0 saturated carbocycles. The number of hydrogen-bond acceptors (Lipinski definition) is 6. The summed E-state index contributed by atoms with van der Waals surface area (Å²) in [5.74, 6) is -0.0742. The van der Waals surface area contributed by atoms with Gasteiger partial charge in [-0.25, -0.2) is 14.6 Å². The predicted molar refractivity (Wildman–Crippen MR) is 110 cm³/mol. The van der Waals surface area contributed by atoms with Gasteiger partial charge in [0.2, 0.25) is 0 Å². The molecule has 0 aromatic carbocycles. The molecule has 1 aromatic rings. The normalized spacial score (nSPS) is 14.4. The average Bonchev–Trinajstić information content (AvgIpc) is 2.64. The number of amides is 1. The Kier molecular flexibility index (Phi) is 8.70. The first-order chi connectivity index (χ1) is 13.7. The fourth-order valence-corrected chi connectivity index (χ4v) is 3.05. The number of unbranched alkanes of at least 4 members (excludes halogenated alkanes) is 1. The minimum absolute atomic E-state index is 0.329. The van der Waals surface area contributed by atoms with Crippen molar-refractivity contribution < 1.29 is 24.2 Å². The zero-order valence-electron chi connectivity index (χ0n) is 17.6. The van der Waals surface area contributed by atoms with Crippen molar-refractivity contribution in [2.75, 3.05) is 25.1 Å². The zero-order chi connectivity index (χ0) is 21.3. The van der Waals surface area contributed by atoms with Crippen LogP contribution in [0.5, 0.6) is 0 Å². The van der Waals surface area contributed by atoms with Gasteiger partial charge in [0.15, 0.2) is 0 Å². The molecule has 1 aromatic heterocycles. The van der Waals surface area contributed by atoms with Crippen LogP contribution in [0.4, 0.5) is 10.6 Å². The lowest BCUT2D eigenvalue weighted by Gasteiger charge is -2.22. The van der Waals surface area contributed by atoms with Crippen molar-refractivity contribution in [1.82, 2.24) is 10.3 Å². The van der Waals surface area contributed by atoms with E-state index < -0.39 is 23.7 Å². The van der Waals surface area contributed by atoms with E-state index in [2.05, 4.69) is 27.8 Å². The number of nitrogens with one attached hydrogen (secondary N) is 2. The van der Waals surface area contributed by atoms with Crippen molar-refractivity contribution in [2.24, 2.45) is 0 Å². The quantitative estimate of drug-likeness (QED) is 0.511. The van der Waals surface area contributed by atoms with Gasteiger partial charge in [0.05, 0.1) is 6.61 Å². The molecule has 0 bridgehead atoms. The Hall–Kier alpha value is -2.35. The molecule has 0 saturated heterocycles. The molecule has 1 atom stereocenters. The second kappa shape index (κ2) is 11.0. The summed E-state index contributed by atoms with van der Waals surface area (Å²) in [6.45, 7) is 7.29. The molecule has 1 aliphatic rings. The summed E-state index contributed by atoms with van der Waals surface area (Å²) >= 11 is 0. The topological polar surface area (TPSA) is 110 Å².